The van der Waals surface area contributed by atoms with E-state index < -0.39 is 21.4 Å². The molecule has 6 unspecified atom stereocenters. The van der Waals surface area contributed by atoms with Crippen molar-refractivity contribution < 1.29 is 0 Å². The van der Waals surface area contributed by atoms with Crippen molar-refractivity contribution in [2.24, 2.45) is 11.8 Å². The van der Waals surface area contributed by atoms with Crippen molar-refractivity contribution >= 4 is 21.4 Å². The van der Waals surface area contributed by atoms with Crippen LogP contribution in [-0.4, -0.2) is 45.0 Å². The van der Waals surface area contributed by atoms with Gasteiger partial charge in [-0.3, -0.25) is 0 Å². The number of nitrogens with zero attached hydrogens (tertiary/aromatic N) is 1. The van der Waals surface area contributed by atoms with E-state index in [1.807, 2.05) is 0 Å². The molecule has 0 spiro atoms. The summed E-state index contributed by atoms with van der Waals surface area (Å²) in [5.41, 5.74) is 0. The Balaban J connectivity index is 3.64. The Hall–Kier alpha value is 0.830. The van der Waals surface area contributed by atoms with Gasteiger partial charge in [0.25, 0.3) is 0 Å². The molecular weight excluding hydrogens is 465 g/mol. The van der Waals surface area contributed by atoms with Gasteiger partial charge in [-0.1, -0.05) is 0 Å². The van der Waals surface area contributed by atoms with E-state index in [9.17, 15) is 0 Å². The first kappa shape index (κ1) is 28.9. The van der Waals surface area contributed by atoms with Crippen LogP contribution in [-0.2, 0) is 0 Å². The van der Waals surface area contributed by atoms with Crippen molar-refractivity contribution in [3.05, 3.63) is 0 Å². The average molecular weight is 524 g/mol. The van der Waals surface area contributed by atoms with Crippen LogP contribution in [0.4, 0.5) is 0 Å². The first-order chi connectivity index (χ1) is 14.6. The summed E-state index contributed by atoms with van der Waals surface area (Å²) >= 11 is -1.71. The van der Waals surface area contributed by atoms with Gasteiger partial charge in [0.15, 0.2) is 0 Å². The van der Waals surface area contributed by atoms with E-state index in [-0.39, 0.29) is 0 Å². The van der Waals surface area contributed by atoms with Crippen molar-refractivity contribution in [2.45, 2.75) is 156 Å². The van der Waals surface area contributed by atoms with E-state index >= 15 is 0 Å². The fraction of sp³-hybridized carbons (Fsp3) is 1.00. The van der Waals surface area contributed by atoms with E-state index in [2.05, 4.69) is 60.3 Å². The Morgan fingerprint density at radius 3 is 1.13 bits per heavy atom. The van der Waals surface area contributed by atoms with E-state index in [1.54, 1.807) is 17.0 Å². The topological polar surface area (TPSA) is 3.24 Å². The zero-order valence-corrected chi connectivity index (χ0v) is 25.7. The molecule has 0 N–H and O–H groups in total. The summed E-state index contributed by atoms with van der Waals surface area (Å²) in [7, 11) is 0. The van der Waals surface area contributed by atoms with Crippen molar-refractivity contribution in [1.82, 2.24) is 4.90 Å². The van der Waals surface area contributed by atoms with Gasteiger partial charge in [-0.2, -0.15) is 0 Å². The van der Waals surface area contributed by atoms with Gasteiger partial charge in [-0.15, -0.1) is 0 Å². The summed E-state index contributed by atoms with van der Waals surface area (Å²) in [6.45, 7) is 21.2. The molecule has 0 bridgehead atoms. The SMILES string of the molecule is CCCC1C(CCC)N(CC)C(CCC)C(CCC)[CH](CCC)[In]([CH2]C)[CH]1CCC. The first-order valence-electron chi connectivity index (χ1n) is 14.3. The standard InChI is InChI=1S/C26H53N.C2H5.In/c1-8-15-21-23(17-10-3)25(19-12-5)27(14-7)26(20-13-6)24(18-11-4)22-16-9-2;1-2;/h21-26H,8-20H2,1-7H3;1H2,2H3;. The van der Waals surface area contributed by atoms with E-state index in [1.165, 1.54) is 70.8 Å². The number of hydrogen-bond acceptors (Lipinski definition) is 1. The molecule has 1 heterocycles. The summed E-state index contributed by atoms with van der Waals surface area (Å²) in [5, 5.41) is 0. The summed E-state index contributed by atoms with van der Waals surface area (Å²) in [6.07, 6.45) is 17.3. The molecule has 0 radical (unpaired) electrons. The molecule has 1 fully saturated rings. The second-order valence-corrected chi connectivity index (χ2v) is 21.4. The molecule has 1 rings (SSSR count). The molecule has 1 aliphatic rings. The summed E-state index contributed by atoms with van der Waals surface area (Å²) in [4.78, 5) is 3.11. The van der Waals surface area contributed by atoms with Crippen molar-refractivity contribution in [1.29, 1.82) is 0 Å². The molecule has 1 saturated heterocycles. The van der Waals surface area contributed by atoms with Crippen molar-refractivity contribution in [2.75, 3.05) is 6.54 Å². The van der Waals surface area contributed by atoms with Gasteiger partial charge in [0.1, 0.15) is 0 Å². The maximum absolute atomic E-state index is 3.11. The minimum atomic E-state index is -1.71. The van der Waals surface area contributed by atoms with Gasteiger partial charge < -0.3 is 0 Å². The first-order valence-corrected chi connectivity index (χ1v) is 20.5. The van der Waals surface area contributed by atoms with Crippen LogP contribution in [0.3, 0.4) is 0 Å². The van der Waals surface area contributed by atoms with Crippen LogP contribution in [0.15, 0.2) is 0 Å². The quantitative estimate of drug-likeness (QED) is 0.219. The molecule has 30 heavy (non-hydrogen) atoms. The molecule has 0 aromatic carbocycles. The molecular formula is C28H58InN. The molecule has 0 aromatic heterocycles. The Labute approximate surface area is 200 Å². The second-order valence-electron chi connectivity index (χ2n) is 10.4. The van der Waals surface area contributed by atoms with Crippen LogP contribution >= 0.6 is 0 Å². The summed E-state index contributed by atoms with van der Waals surface area (Å²) in [5.74, 6) is 1.99. The van der Waals surface area contributed by atoms with Crippen LogP contribution in [0.2, 0.25) is 11.5 Å². The molecule has 1 aliphatic heterocycles. The molecule has 6 atom stereocenters. The van der Waals surface area contributed by atoms with Crippen LogP contribution in [0.1, 0.15) is 132 Å². The third kappa shape index (κ3) is 7.43. The van der Waals surface area contributed by atoms with E-state index in [4.69, 9.17) is 0 Å². The van der Waals surface area contributed by atoms with Crippen LogP contribution < -0.4 is 0 Å². The maximum atomic E-state index is 3.11. The minimum absolute atomic E-state index is 0.862. The molecule has 0 aliphatic carbocycles. The molecule has 0 saturated carbocycles. The molecule has 178 valence electrons. The molecule has 0 aromatic rings. The van der Waals surface area contributed by atoms with Gasteiger partial charge in [0, 0.05) is 0 Å². The molecule has 2 heteroatoms. The average Bonchev–Trinajstić information content (AvgIpc) is 2.74. The predicted molar refractivity (Wildman–Crippen MR) is 140 cm³/mol. The van der Waals surface area contributed by atoms with E-state index in [0.29, 0.717) is 0 Å². The molecule has 0 amide bonds. The fourth-order valence-electron chi connectivity index (χ4n) is 7.69. The third-order valence-corrected chi connectivity index (χ3v) is 22.2. The zero-order chi connectivity index (χ0) is 22.5. The van der Waals surface area contributed by atoms with Gasteiger partial charge in [-0.25, -0.2) is 0 Å². The predicted octanol–water partition coefficient (Wildman–Crippen LogP) is 9.35. The van der Waals surface area contributed by atoms with Gasteiger partial charge in [0.05, 0.1) is 0 Å². The second kappa shape index (κ2) is 16.4. The number of hydrogen-bond donors (Lipinski definition) is 0. The third-order valence-electron chi connectivity index (χ3n) is 8.53. The van der Waals surface area contributed by atoms with Crippen molar-refractivity contribution in [3.63, 3.8) is 0 Å². The van der Waals surface area contributed by atoms with Gasteiger partial charge >= 0.3 is 201 Å². The monoisotopic (exact) mass is 523 g/mol. The normalized spacial score (nSPS) is 31.0. The Morgan fingerprint density at radius 1 is 0.500 bits per heavy atom. The zero-order valence-electron chi connectivity index (χ0n) is 22.4. The summed E-state index contributed by atoms with van der Waals surface area (Å²) in [6, 6.07) is 1.72. The van der Waals surface area contributed by atoms with Crippen LogP contribution in [0.25, 0.3) is 0 Å². The van der Waals surface area contributed by atoms with Crippen molar-refractivity contribution in [3.8, 4) is 0 Å². The Morgan fingerprint density at radius 2 is 0.867 bits per heavy atom. The van der Waals surface area contributed by atoms with Gasteiger partial charge in [-0.05, 0) is 0 Å². The van der Waals surface area contributed by atoms with Crippen LogP contribution in [0, 0.1) is 11.8 Å². The van der Waals surface area contributed by atoms with E-state index in [0.717, 1.165) is 31.3 Å². The Kier molecular flexibility index (Phi) is 15.8. The van der Waals surface area contributed by atoms with Gasteiger partial charge in [0.2, 0.25) is 0 Å². The molecule has 1 nitrogen and oxygen atoms in total. The number of rotatable bonds is 14. The Bertz CT molecular complexity index is 345. The fourth-order valence-corrected chi connectivity index (χ4v) is 23.5. The summed E-state index contributed by atoms with van der Waals surface area (Å²) < 4.78 is 3.90. The van der Waals surface area contributed by atoms with Crippen LogP contribution in [0.5, 0.6) is 0 Å².